The molecule has 0 spiro atoms. The minimum absolute atomic E-state index is 0.208. The number of hydrogen-bond donors (Lipinski definition) is 0. The van der Waals surface area contributed by atoms with Crippen LogP contribution in [0.3, 0.4) is 0 Å². The molecule has 3 rings (SSSR count). The topological polar surface area (TPSA) is 33.5 Å². The van der Waals surface area contributed by atoms with Gasteiger partial charge in [0.25, 0.3) is 0 Å². The molecule has 2 aromatic rings. The van der Waals surface area contributed by atoms with E-state index in [0.29, 0.717) is 24.1 Å². The van der Waals surface area contributed by atoms with Crippen LogP contribution in [0.15, 0.2) is 39.6 Å². The van der Waals surface area contributed by atoms with Gasteiger partial charge in [-0.3, -0.25) is 4.79 Å². The smallest absolute Gasteiger partial charge is 0.233 e. The van der Waals surface area contributed by atoms with Crippen molar-refractivity contribution in [3.8, 4) is 0 Å². The van der Waals surface area contributed by atoms with Crippen LogP contribution in [-0.4, -0.2) is 21.8 Å². The molecular weight excluding hydrogens is 314 g/mol. The molecule has 0 atom stereocenters. The Balaban J connectivity index is 1.59. The number of nitrogens with zero attached hydrogens (tertiary/aromatic N) is 1. The lowest BCUT2D eigenvalue weighted by Gasteiger charge is -2.22. The second-order valence-electron chi connectivity index (χ2n) is 5.68. The molecule has 2 aromatic heterocycles. The Kier molecular flexibility index (Phi) is 5.62. The Bertz CT molecular complexity index is 523. The molecule has 0 bridgehead atoms. The zero-order chi connectivity index (χ0) is 15.2. The highest BCUT2D eigenvalue weighted by atomic mass is 32.2. The van der Waals surface area contributed by atoms with Crippen molar-refractivity contribution in [3.63, 3.8) is 0 Å². The first-order valence-corrected chi connectivity index (χ1v) is 9.73. The van der Waals surface area contributed by atoms with E-state index in [0.717, 1.165) is 5.76 Å². The van der Waals surface area contributed by atoms with Gasteiger partial charge in [0.05, 0.1) is 18.6 Å². The van der Waals surface area contributed by atoms with Crippen molar-refractivity contribution in [2.24, 2.45) is 0 Å². The summed E-state index contributed by atoms with van der Waals surface area (Å²) >= 11 is 3.49. The summed E-state index contributed by atoms with van der Waals surface area (Å²) in [6.07, 6.45) is 6.82. The van der Waals surface area contributed by atoms with Gasteiger partial charge >= 0.3 is 0 Å². The van der Waals surface area contributed by atoms with Crippen molar-refractivity contribution in [1.82, 2.24) is 4.90 Å². The fourth-order valence-corrected chi connectivity index (χ4v) is 4.65. The molecule has 0 saturated heterocycles. The minimum Gasteiger partial charge on any atom is -0.467 e. The molecule has 0 aromatic carbocycles. The number of carbonyl (C=O) groups is 1. The molecule has 0 aliphatic heterocycles. The van der Waals surface area contributed by atoms with E-state index in [4.69, 9.17) is 4.42 Å². The third kappa shape index (κ3) is 4.40. The Morgan fingerprint density at radius 2 is 2.18 bits per heavy atom. The Labute approximate surface area is 139 Å². The van der Waals surface area contributed by atoms with E-state index in [2.05, 4.69) is 16.8 Å². The monoisotopic (exact) mass is 335 g/mol. The minimum atomic E-state index is 0.208. The van der Waals surface area contributed by atoms with Gasteiger partial charge in [-0.15, -0.1) is 11.8 Å². The molecule has 118 valence electrons. The molecule has 22 heavy (non-hydrogen) atoms. The van der Waals surface area contributed by atoms with Gasteiger partial charge in [-0.25, -0.2) is 0 Å². The van der Waals surface area contributed by atoms with Gasteiger partial charge in [0.1, 0.15) is 5.76 Å². The van der Waals surface area contributed by atoms with Crippen LogP contribution in [0.5, 0.6) is 0 Å². The van der Waals surface area contributed by atoms with E-state index in [1.807, 2.05) is 28.8 Å². The lowest BCUT2D eigenvalue weighted by atomic mass is 10.3. The summed E-state index contributed by atoms with van der Waals surface area (Å²) in [5.41, 5.74) is 1.19. The average molecular weight is 335 g/mol. The van der Waals surface area contributed by atoms with E-state index in [1.54, 1.807) is 17.6 Å². The highest BCUT2D eigenvalue weighted by molar-refractivity contribution is 8.00. The highest BCUT2D eigenvalue weighted by Gasteiger charge is 2.20. The molecule has 1 saturated carbocycles. The number of carbonyl (C=O) groups excluding carboxylic acids is 1. The predicted octanol–water partition coefficient (Wildman–Crippen LogP) is 4.55. The van der Waals surface area contributed by atoms with E-state index < -0.39 is 0 Å². The predicted molar refractivity (Wildman–Crippen MR) is 92.0 cm³/mol. The molecule has 5 heteroatoms. The summed E-state index contributed by atoms with van der Waals surface area (Å²) < 4.78 is 5.41. The van der Waals surface area contributed by atoms with E-state index >= 15 is 0 Å². The van der Waals surface area contributed by atoms with E-state index in [-0.39, 0.29) is 5.91 Å². The maximum atomic E-state index is 12.6. The zero-order valence-electron chi connectivity index (χ0n) is 12.6. The standard InChI is InChI=1S/C17H21NO2S2/c19-17(13-22-16-5-1-2-6-16)18(10-14-7-9-21-12-14)11-15-4-3-8-20-15/h3-4,7-9,12,16H,1-2,5-6,10-11,13H2. The first kappa shape index (κ1) is 15.7. The van der Waals surface area contributed by atoms with Gasteiger partial charge in [0.15, 0.2) is 0 Å². The molecule has 0 unspecified atom stereocenters. The fraction of sp³-hybridized carbons (Fsp3) is 0.471. The quantitative estimate of drug-likeness (QED) is 0.744. The van der Waals surface area contributed by atoms with Gasteiger partial charge in [-0.05, 0) is 47.4 Å². The average Bonchev–Trinajstić information content (AvgIpc) is 3.27. The largest absolute Gasteiger partial charge is 0.467 e. The molecule has 2 heterocycles. The molecule has 0 radical (unpaired) electrons. The SMILES string of the molecule is O=C(CSC1CCCC1)N(Cc1ccsc1)Cc1ccco1. The fourth-order valence-electron chi connectivity index (χ4n) is 2.76. The zero-order valence-corrected chi connectivity index (χ0v) is 14.2. The Morgan fingerprint density at radius 1 is 1.32 bits per heavy atom. The molecule has 1 amide bonds. The molecular formula is C17H21NO2S2. The van der Waals surface area contributed by atoms with Crippen molar-refractivity contribution in [1.29, 1.82) is 0 Å². The van der Waals surface area contributed by atoms with Crippen molar-refractivity contribution < 1.29 is 9.21 Å². The van der Waals surface area contributed by atoms with Crippen LogP contribution in [0.1, 0.15) is 37.0 Å². The molecule has 1 fully saturated rings. The van der Waals surface area contributed by atoms with Crippen LogP contribution in [0.4, 0.5) is 0 Å². The summed E-state index contributed by atoms with van der Waals surface area (Å²) in [5.74, 6) is 1.63. The number of hydrogen-bond acceptors (Lipinski definition) is 4. The third-order valence-corrected chi connectivity index (χ3v) is 6.07. The maximum absolute atomic E-state index is 12.6. The van der Waals surface area contributed by atoms with Gasteiger partial charge in [-0.1, -0.05) is 12.8 Å². The van der Waals surface area contributed by atoms with Crippen molar-refractivity contribution in [3.05, 3.63) is 46.5 Å². The number of thioether (sulfide) groups is 1. The van der Waals surface area contributed by atoms with Crippen molar-refractivity contribution >= 4 is 29.0 Å². The number of amides is 1. The molecule has 1 aliphatic carbocycles. The van der Waals surface area contributed by atoms with Gasteiger partial charge in [0, 0.05) is 11.8 Å². The first-order valence-electron chi connectivity index (χ1n) is 7.74. The second kappa shape index (κ2) is 7.88. The Hall–Kier alpha value is -1.20. The number of furan rings is 1. The van der Waals surface area contributed by atoms with Gasteiger partial charge in [-0.2, -0.15) is 11.3 Å². The maximum Gasteiger partial charge on any atom is 0.233 e. The first-order chi connectivity index (χ1) is 10.8. The van der Waals surface area contributed by atoms with Crippen LogP contribution in [0, 0.1) is 0 Å². The van der Waals surface area contributed by atoms with Crippen LogP contribution in [0.25, 0.3) is 0 Å². The normalized spacial score (nSPS) is 15.3. The molecule has 1 aliphatic rings. The van der Waals surface area contributed by atoms with Crippen LogP contribution in [0.2, 0.25) is 0 Å². The van der Waals surface area contributed by atoms with Crippen molar-refractivity contribution in [2.45, 2.75) is 44.0 Å². The summed E-state index contributed by atoms with van der Waals surface area (Å²) in [5, 5.41) is 4.83. The third-order valence-electron chi connectivity index (χ3n) is 3.98. The summed E-state index contributed by atoms with van der Waals surface area (Å²) in [4.78, 5) is 14.5. The van der Waals surface area contributed by atoms with Crippen LogP contribution < -0.4 is 0 Å². The van der Waals surface area contributed by atoms with Gasteiger partial charge < -0.3 is 9.32 Å². The van der Waals surface area contributed by atoms with Crippen molar-refractivity contribution in [2.75, 3.05) is 5.75 Å². The highest BCUT2D eigenvalue weighted by Crippen LogP contribution is 2.29. The lowest BCUT2D eigenvalue weighted by Crippen LogP contribution is -2.31. The lowest BCUT2D eigenvalue weighted by molar-refractivity contribution is -0.129. The van der Waals surface area contributed by atoms with E-state index in [1.165, 1.54) is 31.2 Å². The van der Waals surface area contributed by atoms with E-state index in [9.17, 15) is 4.79 Å². The van der Waals surface area contributed by atoms with Gasteiger partial charge in [0.2, 0.25) is 5.91 Å². The molecule has 3 nitrogen and oxygen atoms in total. The van der Waals surface area contributed by atoms with Crippen LogP contribution in [-0.2, 0) is 17.9 Å². The summed E-state index contributed by atoms with van der Waals surface area (Å²) in [7, 11) is 0. The molecule has 0 N–H and O–H groups in total. The van der Waals surface area contributed by atoms with Crippen LogP contribution >= 0.6 is 23.1 Å². The number of thiophene rings is 1. The summed E-state index contributed by atoms with van der Waals surface area (Å²) in [6, 6.07) is 5.88. The second-order valence-corrected chi connectivity index (χ2v) is 7.75. The number of rotatable bonds is 7. The summed E-state index contributed by atoms with van der Waals surface area (Å²) in [6.45, 7) is 1.21. The Morgan fingerprint density at radius 3 is 2.86 bits per heavy atom.